The summed E-state index contributed by atoms with van der Waals surface area (Å²) in [4.78, 5) is 22.7. The van der Waals surface area contributed by atoms with Gasteiger partial charge in [-0.2, -0.15) is 0 Å². The van der Waals surface area contributed by atoms with Gasteiger partial charge in [0.25, 0.3) is 0 Å². The Bertz CT molecular complexity index is 602. The van der Waals surface area contributed by atoms with Gasteiger partial charge in [-0.05, 0) is 22.5 Å². The first-order valence-corrected chi connectivity index (χ1v) is 10.8. The van der Waals surface area contributed by atoms with Crippen molar-refractivity contribution in [2.45, 2.75) is 114 Å². The molecule has 0 bridgehead atoms. The van der Waals surface area contributed by atoms with E-state index in [9.17, 15) is 9.59 Å². The second-order valence-electron chi connectivity index (χ2n) is 7.89. The third-order valence-electron chi connectivity index (χ3n) is 3.52. The summed E-state index contributed by atoms with van der Waals surface area (Å²) >= 11 is 0. The second-order valence-corrected chi connectivity index (χ2v) is 7.89. The average molecular weight is 411 g/mol. The molecule has 0 heterocycles. The van der Waals surface area contributed by atoms with Crippen LogP contribution in [0.4, 0.5) is 0 Å². The second kappa shape index (κ2) is 15.1. The van der Waals surface area contributed by atoms with E-state index in [1.807, 2.05) is 47.6 Å². The highest BCUT2D eigenvalue weighted by molar-refractivity contribution is 5.71. The molecule has 4 heteroatoms. The molecular weight excluding hydrogens is 364 g/mol. The fourth-order valence-electron chi connectivity index (χ4n) is 2.23. The topological polar surface area (TPSA) is 52.6 Å². The number of benzene rings is 1. The van der Waals surface area contributed by atoms with Crippen LogP contribution in [0.3, 0.4) is 0 Å². The lowest BCUT2D eigenvalue weighted by molar-refractivity contribution is -0.142. The third-order valence-corrected chi connectivity index (χ3v) is 3.52. The smallest absolute Gasteiger partial charge is 0.308 e. The molecule has 0 amide bonds. The van der Waals surface area contributed by atoms with Crippen LogP contribution >= 0.6 is 0 Å². The molecule has 0 atom stereocenters. The van der Waals surface area contributed by atoms with Gasteiger partial charge in [0.15, 0.2) is 0 Å². The zero-order valence-corrected chi connectivity index (χ0v) is 21.5. The van der Waals surface area contributed by atoms with E-state index in [0.29, 0.717) is 11.3 Å². The van der Waals surface area contributed by atoms with Gasteiger partial charge in [0.1, 0.15) is 12.4 Å². The molecular formula is C25H46O4. The quantitative estimate of drug-likeness (QED) is 0.386. The third kappa shape index (κ3) is 12.4. The number of hydrogen-bond acceptors (Lipinski definition) is 4. The van der Waals surface area contributed by atoms with Gasteiger partial charge in [-0.25, -0.2) is 0 Å². The van der Waals surface area contributed by atoms with Crippen molar-refractivity contribution in [2.75, 3.05) is 0 Å². The van der Waals surface area contributed by atoms with Gasteiger partial charge in [-0.15, -0.1) is 0 Å². The first-order chi connectivity index (χ1) is 13.3. The largest absolute Gasteiger partial charge is 0.461 e. The summed E-state index contributed by atoms with van der Waals surface area (Å²) in [6.07, 6.45) is 0. The van der Waals surface area contributed by atoms with E-state index >= 15 is 0 Å². The van der Waals surface area contributed by atoms with E-state index in [2.05, 4.69) is 47.6 Å². The van der Waals surface area contributed by atoms with Crippen molar-refractivity contribution < 1.29 is 19.1 Å². The lowest BCUT2D eigenvalue weighted by Crippen LogP contribution is -2.20. The molecule has 1 aromatic carbocycles. The summed E-state index contributed by atoms with van der Waals surface area (Å²) in [6, 6.07) is 4.03. The molecule has 1 aromatic rings. The molecule has 4 nitrogen and oxygen atoms in total. The molecule has 0 radical (unpaired) electrons. The van der Waals surface area contributed by atoms with Gasteiger partial charge >= 0.3 is 11.9 Å². The van der Waals surface area contributed by atoms with Crippen LogP contribution < -0.4 is 4.74 Å². The van der Waals surface area contributed by atoms with E-state index in [1.165, 1.54) is 13.8 Å². The molecule has 0 aromatic heterocycles. The van der Waals surface area contributed by atoms with E-state index in [0.717, 1.165) is 11.1 Å². The first kappa shape index (κ1) is 31.8. The van der Waals surface area contributed by atoms with Crippen LogP contribution in [0.2, 0.25) is 0 Å². The van der Waals surface area contributed by atoms with Crippen LogP contribution in [0, 0.1) is 0 Å². The molecule has 0 aliphatic carbocycles. The van der Waals surface area contributed by atoms with Crippen LogP contribution in [0.15, 0.2) is 12.1 Å². The van der Waals surface area contributed by atoms with E-state index in [-0.39, 0.29) is 29.4 Å². The summed E-state index contributed by atoms with van der Waals surface area (Å²) in [6.45, 7) is 27.4. The highest BCUT2D eigenvalue weighted by atomic mass is 16.5. The minimum atomic E-state index is -0.386. The molecule has 170 valence electrons. The van der Waals surface area contributed by atoms with Gasteiger partial charge in [0.05, 0.1) is 0 Å². The van der Waals surface area contributed by atoms with Crippen molar-refractivity contribution in [1.82, 2.24) is 0 Å². The molecule has 0 saturated heterocycles. The SMILES string of the molecule is CC.CC.CC.CC(=O)OCc1cc(C(C)(C)C)cc(C(C)(C)C)c1OC(C)=O. The Hall–Kier alpha value is -1.84. The molecule has 0 aliphatic heterocycles. The summed E-state index contributed by atoms with van der Waals surface area (Å²) in [5.74, 6) is -0.250. The fraction of sp³-hybridized carbons (Fsp3) is 0.680. The van der Waals surface area contributed by atoms with Crippen LogP contribution in [0.1, 0.15) is 114 Å². The Labute approximate surface area is 180 Å². The maximum Gasteiger partial charge on any atom is 0.308 e. The van der Waals surface area contributed by atoms with Crippen molar-refractivity contribution in [3.05, 3.63) is 28.8 Å². The maximum absolute atomic E-state index is 11.5. The van der Waals surface area contributed by atoms with Crippen molar-refractivity contribution in [3.8, 4) is 5.75 Å². The van der Waals surface area contributed by atoms with E-state index < -0.39 is 0 Å². The standard InChI is InChI=1S/C19H28O4.3C2H6/c1-12(20)22-11-14-9-15(18(3,4)5)10-16(19(6,7)8)17(14)23-13(2)21;3*1-2/h9-10H,11H2,1-8H3;3*1-2H3. The van der Waals surface area contributed by atoms with Gasteiger partial charge in [0, 0.05) is 25.0 Å². The Morgan fingerprint density at radius 1 is 0.759 bits per heavy atom. The predicted molar refractivity (Wildman–Crippen MR) is 125 cm³/mol. The molecule has 29 heavy (non-hydrogen) atoms. The van der Waals surface area contributed by atoms with Gasteiger partial charge < -0.3 is 9.47 Å². The van der Waals surface area contributed by atoms with Crippen LogP contribution in [0.5, 0.6) is 5.75 Å². The molecule has 1 rings (SSSR count). The molecule has 0 saturated carbocycles. The minimum absolute atomic E-state index is 0.0697. The minimum Gasteiger partial charge on any atom is -0.461 e. The van der Waals surface area contributed by atoms with Crippen molar-refractivity contribution in [2.24, 2.45) is 0 Å². The van der Waals surface area contributed by atoms with Gasteiger partial charge in [-0.3, -0.25) is 9.59 Å². The number of esters is 2. The zero-order chi connectivity index (χ0) is 24.0. The first-order valence-electron chi connectivity index (χ1n) is 10.8. The van der Waals surface area contributed by atoms with E-state index in [4.69, 9.17) is 9.47 Å². The van der Waals surface area contributed by atoms with Gasteiger partial charge in [-0.1, -0.05) is 89.2 Å². The lowest BCUT2D eigenvalue weighted by atomic mass is 9.79. The molecule has 0 unspecified atom stereocenters. The Morgan fingerprint density at radius 2 is 1.21 bits per heavy atom. The maximum atomic E-state index is 11.5. The van der Waals surface area contributed by atoms with Gasteiger partial charge in [0.2, 0.25) is 0 Å². The number of ether oxygens (including phenoxy) is 2. The normalized spacial score (nSPS) is 10.1. The zero-order valence-electron chi connectivity index (χ0n) is 21.5. The predicted octanol–water partition coefficient (Wildman–Crippen LogP) is 7.35. The highest BCUT2D eigenvalue weighted by Gasteiger charge is 2.27. The summed E-state index contributed by atoms with van der Waals surface area (Å²) in [5, 5.41) is 0. The monoisotopic (exact) mass is 410 g/mol. The number of carbonyl (C=O) groups excluding carboxylic acids is 2. The number of rotatable bonds is 3. The van der Waals surface area contributed by atoms with Crippen LogP contribution in [-0.2, 0) is 31.8 Å². The molecule has 0 fully saturated rings. The summed E-state index contributed by atoms with van der Waals surface area (Å²) in [7, 11) is 0. The fourth-order valence-corrected chi connectivity index (χ4v) is 2.23. The lowest BCUT2D eigenvalue weighted by Gasteiger charge is -2.28. The van der Waals surface area contributed by atoms with Crippen LogP contribution in [0.25, 0.3) is 0 Å². The summed E-state index contributed by atoms with van der Waals surface area (Å²) < 4.78 is 10.6. The Balaban J connectivity index is -0.00000103. The van der Waals surface area contributed by atoms with E-state index in [1.54, 1.807) is 0 Å². The molecule has 0 spiro atoms. The van der Waals surface area contributed by atoms with Crippen LogP contribution in [-0.4, -0.2) is 11.9 Å². The molecule has 0 aliphatic rings. The van der Waals surface area contributed by atoms with Crippen molar-refractivity contribution in [3.63, 3.8) is 0 Å². The average Bonchev–Trinajstić information content (AvgIpc) is 2.63. The Kier molecular flexibility index (Phi) is 16.5. The summed E-state index contributed by atoms with van der Waals surface area (Å²) in [5.41, 5.74) is 2.48. The Morgan fingerprint density at radius 3 is 1.52 bits per heavy atom. The van der Waals surface area contributed by atoms with Crippen molar-refractivity contribution in [1.29, 1.82) is 0 Å². The number of carbonyl (C=O) groups is 2. The molecule has 0 N–H and O–H groups in total. The highest BCUT2D eigenvalue weighted by Crippen LogP contribution is 2.38. The number of hydrogen-bond donors (Lipinski definition) is 0. The van der Waals surface area contributed by atoms with Crippen molar-refractivity contribution >= 4 is 11.9 Å².